The lowest BCUT2D eigenvalue weighted by Crippen LogP contribution is -2.01. The normalized spacial score (nSPS) is 19.2. The van der Waals surface area contributed by atoms with Gasteiger partial charge in [-0.25, -0.2) is 0 Å². The van der Waals surface area contributed by atoms with Crippen LogP contribution in [0.5, 0.6) is 5.75 Å². The summed E-state index contributed by atoms with van der Waals surface area (Å²) in [6.07, 6.45) is 2.70. The van der Waals surface area contributed by atoms with Gasteiger partial charge in [-0.2, -0.15) is 5.26 Å². The van der Waals surface area contributed by atoms with Crippen LogP contribution in [0.25, 0.3) is 0 Å². The van der Waals surface area contributed by atoms with Crippen LogP contribution in [-0.4, -0.2) is 6.61 Å². The second kappa shape index (κ2) is 4.57. The number of aryl methyl sites for hydroxylation is 2. The van der Waals surface area contributed by atoms with Crippen molar-refractivity contribution in [1.29, 1.82) is 5.26 Å². The summed E-state index contributed by atoms with van der Waals surface area (Å²) in [6, 6.07) is 6.57. The minimum atomic E-state index is 0.350. The van der Waals surface area contributed by atoms with E-state index in [0.717, 1.165) is 25.2 Å². The van der Waals surface area contributed by atoms with Crippen molar-refractivity contribution in [2.45, 2.75) is 39.0 Å². The van der Waals surface area contributed by atoms with Gasteiger partial charge in [-0.1, -0.05) is 6.07 Å². The Morgan fingerprint density at radius 2 is 2.25 bits per heavy atom. The Labute approximate surface area is 96.9 Å². The molecule has 1 aromatic rings. The molecule has 1 heterocycles. The van der Waals surface area contributed by atoms with Crippen molar-refractivity contribution in [3.63, 3.8) is 0 Å². The van der Waals surface area contributed by atoms with Gasteiger partial charge in [0.1, 0.15) is 5.75 Å². The Kier molecular flexibility index (Phi) is 3.14. The second-order valence-corrected chi connectivity index (χ2v) is 4.54. The maximum Gasteiger partial charge on any atom is 0.123 e. The van der Waals surface area contributed by atoms with Crippen molar-refractivity contribution >= 4 is 0 Å². The quantitative estimate of drug-likeness (QED) is 0.718. The van der Waals surface area contributed by atoms with E-state index >= 15 is 0 Å². The van der Waals surface area contributed by atoms with Crippen LogP contribution in [0.15, 0.2) is 12.1 Å². The number of benzene rings is 1. The van der Waals surface area contributed by atoms with E-state index in [2.05, 4.69) is 32.0 Å². The van der Waals surface area contributed by atoms with Crippen LogP contribution < -0.4 is 4.74 Å². The molecule has 0 aliphatic carbocycles. The molecule has 0 saturated heterocycles. The van der Waals surface area contributed by atoms with E-state index in [4.69, 9.17) is 10.00 Å². The van der Waals surface area contributed by atoms with E-state index in [1.807, 2.05) is 0 Å². The standard InChI is InChI=1S/C14H17NO/c1-10-8-11(2)14-12(5-6-15)4-3-7-16-13(14)9-10/h8-9,12H,3-5,7H2,1-2H3. The van der Waals surface area contributed by atoms with Gasteiger partial charge >= 0.3 is 0 Å². The molecule has 2 nitrogen and oxygen atoms in total. The maximum absolute atomic E-state index is 8.89. The third-order valence-corrected chi connectivity index (χ3v) is 3.19. The average Bonchev–Trinajstić information content (AvgIpc) is 2.41. The number of nitrogens with zero attached hydrogens (tertiary/aromatic N) is 1. The third kappa shape index (κ3) is 2.04. The van der Waals surface area contributed by atoms with E-state index in [1.54, 1.807) is 0 Å². The largest absolute Gasteiger partial charge is 0.493 e. The number of rotatable bonds is 1. The van der Waals surface area contributed by atoms with Crippen LogP contribution in [0.1, 0.15) is 41.9 Å². The fourth-order valence-corrected chi connectivity index (χ4v) is 2.55. The number of hydrogen-bond acceptors (Lipinski definition) is 2. The summed E-state index contributed by atoms with van der Waals surface area (Å²) in [4.78, 5) is 0. The zero-order chi connectivity index (χ0) is 11.5. The summed E-state index contributed by atoms with van der Waals surface area (Å²) in [5.74, 6) is 1.35. The number of hydrogen-bond donors (Lipinski definition) is 0. The van der Waals surface area contributed by atoms with Crippen LogP contribution in [0.3, 0.4) is 0 Å². The molecule has 0 fully saturated rings. The molecule has 1 unspecified atom stereocenters. The fraction of sp³-hybridized carbons (Fsp3) is 0.500. The summed E-state index contributed by atoms with van der Waals surface area (Å²) in [5, 5.41) is 8.89. The van der Waals surface area contributed by atoms with Crippen molar-refractivity contribution in [2.75, 3.05) is 6.61 Å². The highest BCUT2D eigenvalue weighted by atomic mass is 16.5. The minimum Gasteiger partial charge on any atom is -0.493 e. The molecule has 1 aliphatic heterocycles. The first kappa shape index (κ1) is 11.0. The lowest BCUT2D eigenvalue weighted by Gasteiger charge is -2.17. The first-order valence-corrected chi connectivity index (χ1v) is 5.83. The van der Waals surface area contributed by atoms with Gasteiger partial charge in [-0.15, -0.1) is 0 Å². The van der Waals surface area contributed by atoms with Gasteiger partial charge in [-0.3, -0.25) is 0 Å². The molecule has 0 saturated carbocycles. The smallest absolute Gasteiger partial charge is 0.123 e. The van der Waals surface area contributed by atoms with Gasteiger partial charge < -0.3 is 4.74 Å². The molecular weight excluding hydrogens is 198 g/mol. The molecule has 0 N–H and O–H groups in total. The van der Waals surface area contributed by atoms with Crippen LogP contribution in [0.4, 0.5) is 0 Å². The van der Waals surface area contributed by atoms with Gasteiger partial charge in [0, 0.05) is 17.9 Å². The van der Waals surface area contributed by atoms with Crippen molar-refractivity contribution in [3.8, 4) is 11.8 Å². The SMILES string of the molecule is Cc1cc(C)c2c(c1)OCCCC2CC#N. The number of nitriles is 1. The summed E-state index contributed by atoms with van der Waals surface area (Å²) in [7, 11) is 0. The van der Waals surface area contributed by atoms with Crippen molar-refractivity contribution in [3.05, 3.63) is 28.8 Å². The monoisotopic (exact) mass is 215 g/mol. The zero-order valence-electron chi connectivity index (χ0n) is 9.92. The second-order valence-electron chi connectivity index (χ2n) is 4.54. The molecule has 1 aliphatic rings. The van der Waals surface area contributed by atoms with E-state index in [1.165, 1.54) is 16.7 Å². The summed E-state index contributed by atoms with van der Waals surface area (Å²) >= 11 is 0. The molecule has 1 atom stereocenters. The van der Waals surface area contributed by atoms with Crippen molar-refractivity contribution < 1.29 is 4.74 Å². The highest BCUT2D eigenvalue weighted by Crippen LogP contribution is 2.38. The van der Waals surface area contributed by atoms with E-state index in [-0.39, 0.29) is 0 Å². The van der Waals surface area contributed by atoms with Gasteiger partial charge in [-0.05, 0) is 43.9 Å². The molecule has 0 aromatic heterocycles. The molecule has 2 rings (SSSR count). The Hall–Kier alpha value is -1.49. The maximum atomic E-state index is 8.89. The lowest BCUT2D eigenvalue weighted by atomic mass is 9.88. The predicted octanol–water partition coefficient (Wildman–Crippen LogP) is 3.47. The minimum absolute atomic E-state index is 0.350. The molecule has 2 heteroatoms. The van der Waals surface area contributed by atoms with Gasteiger partial charge in [0.2, 0.25) is 0 Å². The first-order chi connectivity index (χ1) is 7.72. The molecule has 0 bridgehead atoms. The summed E-state index contributed by atoms with van der Waals surface area (Å²) < 4.78 is 5.78. The van der Waals surface area contributed by atoms with Crippen molar-refractivity contribution in [2.24, 2.45) is 0 Å². The van der Waals surface area contributed by atoms with Crippen molar-refractivity contribution in [1.82, 2.24) is 0 Å². The van der Waals surface area contributed by atoms with Crippen LogP contribution in [0.2, 0.25) is 0 Å². The van der Waals surface area contributed by atoms with Crippen LogP contribution >= 0.6 is 0 Å². The van der Waals surface area contributed by atoms with Crippen LogP contribution in [0, 0.1) is 25.2 Å². The Balaban J connectivity index is 2.48. The molecule has 1 aromatic carbocycles. The molecule has 84 valence electrons. The lowest BCUT2D eigenvalue weighted by molar-refractivity contribution is 0.316. The summed E-state index contributed by atoms with van der Waals surface area (Å²) in [6.45, 7) is 4.98. The van der Waals surface area contributed by atoms with Gasteiger partial charge in [0.05, 0.1) is 12.7 Å². The third-order valence-electron chi connectivity index (χ3n) is 3.19. The fourth-order valence-electron chi connectivity index (χ4n) is 2.55. The zero-order valence-corrected chi connectivity index (χ0v) is 9.92. The van der Waals surface area contributed by atoms with E-state index < -0.39 is 0 Å². The number of fused-ring (bicyclic) bond motifs is 1. The average molecular weight is 215 g/mol. The first-order valence-electron chi connectivity index (χ1n) is 5.83. The predicted molar refractivity (Wildman–Crippen MR) is 63.6 cm³/mol. The Morgan fingerprint density at radius 1 is 1.44 bits per heavy atom. The van der Waals surface area contributed by atoms with Gasteiger partial charge in [0.25, 0.3) is 0 Å². The molecule has 0 amide bonds. The molecule has 16 heavy (non-hydrogen) atoms. The highest BCUT2D eigenvalue weighted by Gasteiger charge is 2.21. The Morgan fingerprint density at radius 3 is 3.00 bits per heavy atom. The molecule has 0 radical (unpaired) electrons. The van der Waals surface area contributed by atoms with Crippen LogP contribution in [-0.2, 0) is 0 Å². The van der Waals surface area contributed by atoms with E-state index in [9.17, 15) is 0 Å². The van der Waals surface area contributed by atoms with Gasteiger partial charge in [0.15, 0.2) is 0 Å². The molecular formula is C14H17NO. The summed E-state index contributed by atoms with van der Waals surface area (Å²) in [5.41, 5.74) is 3.75. The number of ether oxygens (including phenoxy) is 1. The Bertz CT molecular complexity index is 431. The molecule has 0 spiro atoms. The van der Waals surface area contributed by atoms with E-state index in [0.29, 0.717) is 12.3 Å². The highest BCUT2D eigenvalue weighted by molar-refractivity contribution is 5.46. The topological polar surface area (TPSA) is 33.0 Å².